The molecule has 1 saturated heterocycles. The number of carbonyl (C=O) groups excluding carboxylic acids is 1. The summed E-state index contributed by atoms with van der Waals surface area (Å²) in [6.07, 6.45) is 5.70. The lowest BCUT2D eigenvalue weighted by molar-refractivity contribution is -0.133. The number of nitrogens with zero attached hydrogens (tertiary/aromatic N) is 4. The van der Waals surface area contributed by atoms with Gasteiger partial charge in [-0.2, -0.15) is 0 Å². The first-order chi connectivity index (χ1) is 12.7. The summed E-state index contributed by atoms with van der Waals surface area (Å²) in [6, 6.07) is 10.4. The predicted molar refractivity (Wildman–Crippen MR) is 98.3 cm³/mol. The molecule has 0 saturated carbocycles. The van der Waals surface area contributed by atoms with Crippen molar-refractivity contribution in [3.63, 3.8) is 0 Å². The summed E-state index contributed by atoms with van der Waals surface area (Å²) >= 11 is 1.42. The summed E-state index contributed by atoms with van der Waals surface area (Å²) < 4.78 is 15.8. The number of carbonyl (C=O) groups is 1. The first-order valence-corrected chi connectivity index (χ1v) is 9.49. The molecule has 0 aliphatic carbocycles. The number of piperidine rings is 1. The third-order valence-electron chi connectivity index (χ3n) is 4.65. The van der Waals surface area contributed by atoms with Crippen molar-refractivity contribution in [1.82, 2.24) is 19.7 Å². The van der Waals surface area contributed by atoms with Gasteiger partial charge in [-0.3, -0.25) is 4.79 Å². The lowest BCUT2D eigenvalue weighted by Gasteiger charge is -2.31. The number of aromatic nitrogens is 3. The monoisotopic (exact) mass is 370 g/mol. The van der Waals surface area contributed by atoms with Gasteiger partial charge in [-0.1, -0.05) is 23.5 Å². The summed E-state index contributed by atoms with van der Waals surface area (Å²) in [5, 5.41) is 9.93. The van der Waals surface area contributed by atoms with E-state index < -0.39 is 0 Å². The summed E-state index contributed by atoms with van der Waals surface area (Å²) in [5.41, 5.74) is 0.479. The van der Waals surface area contributed by atoms with Crippen molar-refractivity contribution < 1.29 is 9.18 Å². The minimum absolute atomic E-state index is 0.116. The molecule has 1 amide bonds. The summed E-state index contributed by atoms with van der Waals surface area (Å²) in [4.78, 5) is 14.4. The van der Waals surface area contributed by atoms with E-state index in [4.69, 9.17) is 0 Å². The molecule has 4 rings (SSSR count). The molecule has 0 radical (unpaired) electrons. The van der Waals surface area contributed by atoms with Crippen molar-refractivity contribution in [3.05, 3.63) is 59.6 Å². The minimum Gasteiger partial charge on any atom is -0.345 e. The number of hydrogen-bond acceptors (Lipinski definition) is 4. The van der Waals surface area contributed by atoms with Crippen LogP contribution in [0.2, 0.25) is 0 Å². The van der Waals surface area contributed by atoms with E-state index in [1.165, 1.54) is 17.4 Å². The average molecular weight is 370 g/mol. The summed E-state index contributed by atoms with van der Waals surface area (Å²) in [7, 11) is 0. The molecule has 3 aromatic rings. The van der Waals surface area contributed by atoms with Gasteiger partial charge in [-0.25, -0.2) is 4.39 Å². The van der Waals surface area contributed by atoms with E-state index in [1.54, 1.807) is 18.2 Å². The standard InChI is InChI=1S/C19H19FN4OS/c20-16-8-2-1-7-15(16)19-22-21-18(26-19)14-6-5-11-24(12-14)17(25)13-23-9-3-4-10-23/h1-4,7-10,14H,5-6,11-13H2/t14-/m0/s1. The minimum atomic E-state index is -0.289. The normalized spacial score (nSPS) is 17.4. The van der Waals surface area contributed by atoms with Crippen molar-refractivity contribution in [1.29, 1.82) is 0 Å². The van der Waals surface area contributed by atoms with Crippen LogP contribution in [0.3, 0.4) is 0 Å². The fourth-order valence-electron chi connectivity index (χ4n) is 3.28. The second kappa shape index (κ2) is 7.37. The Morgan fingerprint density at radius 3 is 2.81 bits per heavy atom. The molecule has 0 N–H and O–H groups in total. The number of amides is 1. The molecule has 26 heavy (non-hydrogen) atoms. The highest BCUT2D eigenvalue weighted by molar-refractivity contribution is 7.14. The zero-order valence-electron chi connectivity index (χ0n) is 14.2. The Labute approximate surface area is 155 Å². The van der Waals surface area contributed by atoms with Gasteiger partial charge < -0.3 is 9.47 Å². The zero-order chi connectivity index (χ0) is 17.9. The van der Waals surface area contributed by atoms with Crippen molar-refractivity contribution in [2.45, 2.75) is 25.3 Å². The van der Waals surface area contributed by atoms with Crippen LogP contribution in [0.5, 0.6) is 0 Å². The molecule has 1 fully saturated rings. The van der Waals surface area contributed by atoms with Gasteiger partial charge in [0.25, 0.3) is 0 Å². The van der Waals surface area contributed by atoms with Gasteiger partial charge in [0.1, 0.15) is 17.4 Å². The smallest absolute Gasteiger partial charge is 0.242 e. The van der Waals surface area contributed by atoms with Crippen LogP contribution in [0, 0.1) is 5.82 Å². The molecule has 5 nitrogen and oxygen atoms in total. The van der Waals surface area contributed by atoms with E-state index in [0.29, 0.717) is 23.7 Å². The summed E-state index contributed by atoms with van der Waals surface area (Å²) in [6.45, 7) is 1.78. The van der Waals surface area contributed by atoms with E-state index >= 15 is 0 Å². The number of likely N-dealkylation sites (tertiary alicyclic amines) is 1. The lowest BCUT2D eigenvalue weighted by Crippen LogP contribution is -2.40. The Morgan fingerprint density at radius 1 is 1.19 bits per heavy atom. The number of rotatable bonds is 4. The van der Waals surface area contributed by atoms with Crippen LogP contribution in [-0.4, -0.2) is 38.7 Å². The fourth-order valence-corrected chi connectivity index (χ4v) is 4.28. The van der Waals surface area contributed by atoms with E-state index in [1.807, 2.05) is 34.0 Å². The van der Waals surface area contributed by atoms with Crippen molar-refractivity contribution >= 4 is 17.2 Å². The molecule has 2 aromatic heterocycles. The van der Waals surface area contributed by atoms with Crippen molar-refractivity contribution in [3.8, 4) is 10.6 Å². The average Bonchev–Trinajstić information content (AvgIpc) is 3.34. The van der Waals surface area contributed by atoms with Crippen LogP contribution >= 0.6 is 11.3 Å². The second-order valence-corrected chi connectivity index (χ2v) is 7.47. The maximum absolute atomic E-state index is 14.0. The molecule has 7 heteroatoms. The van der Waals surface area contributed by atoms with E-state index in [2.05, 4.69) is 10.2 Å². The van der Waals surface area contributed by atoms with Crippen LogP contribution < -0.4 is 0 Å². The Morgan fingerprint density at radius 2 is 2.00 bits per heavy atom. The zero-order valence-corrected chi connectivity index (χ0v) is 15.0. The molecule has 0 unspecified atom stereocenters. The van der Waals surface area contributed by atoms with Crippen LogP contribution in [-0.2, 0) is 11.3 Å². The molecular formula is C19H19FN4OS. The SMILES string of the molecule is O=C(Cn1cccc1)N1CCC[C@H](c2nnc(-c3ccccc3F)s2)C1. The molecule has 0 bridgehead atoms. The second-order valence-electron chi connectivity index (χ2n) is 6.46. The van der Waals surface area contributed by atoms with Crippen LogP contribution in [0.1, 0.15) is 23.8 Å². The molecule has 1 aromatic carbocycles. The molecule has 1 aliphatic heterocycles. The molecule has 134 valence electrons. The third kappa shape index (κ3) is 3.53. The largest absolute Gasteiger partial charge is 0.345 e. The van der Waals surface area contributed by atoms with E-state index in [0.717, 1.165) is 24.4 Å². The van der Waals surface area contributed by atoms with Gasteiger partial charge in [0.2, 0.25) is 5.91 Å². The Balaban J connectivity index is 1.46. The van der Waals surface area contributed by atoms with Gasteiger partial charge in [0.05, 0.1) is 0 Å². The third-order valence-corrected chi connectivity index (χ3v) is 5.77. The van der Waals surface area contributed by atoms with E-state index in [-0.39, 0.29) is 17.6 Å². The Bertz CT molecular complexity index is 893. The van der Waals surface area contributed by atoms with Gasteiger partial charge in [-0.15, -0.1) is 10.2 Å². The number of benzene rings is 1. The predicted octanol–water partition coefficient (Wildman–Crippen LogP) is 3.55. The number of halogens is 1. The van der Waals surface area contributed by atoms with Gasteiger partial charge in [0, 0.05) is 37.0 Å². The molecular weight excluding hydrogens is 351 g/mol. The highest BCUT2D eigenvalue weighted by atomic mass is 32.1. The maximum atomic E-state index is 14.0. The van der Waals surface area contributed by atoms with Crippen LogP contribution in [0.15, 0.2) is 48.8 Å². The highest BCUT2D eigenvalue weighted by Crippen LogP contribution is 2.33. The molecule has 1 aliphatic rings. The Kier molecular flexibility index (Phi) is 4.79. The molecule has 1 atom stereocenters. The first kappa shape index (κ1) is 16.9. The lowest BCUT2D eigenvalue weighted by atomic mass is 9.99. The van der Waals surface area contributed by atoms with Crippen LogP contribution in [0.25, 0.3) is 10.6 Å². The Hall–Kier alpha value is -2.54. The van der Waals surface area contributed by atoms with Crippen molar-refractivity contribution in [2.75, 3.05) is 13.1 Å². The molecule has 0 spiro atoms. The molecule has 3 heterocycles. The summed E-state index contributed by atoms with van der Waals surface area (Å²) in [5.74, 6) is -0.0116. The van der Waals surface area contributed by atoms with Crippen molar-refractivity contribution in [2.24, 2.45) is 0 Å². The maximum Gasteiger partial charge on any atom is 0.242 e. The number of hydrogen-bond donors (Lipinski definition) is 0. The quantitative estimate of drug-likeness (QED) is 0.706. The van der Waals surface area contributed by atoms with Crippen LogP contribution in [0.4, 0.5) is 4.39 Å². The fraction of sp³-hybridized carbons (Fsp3) is 0.316. The van der Waals surface area contributed by atoms with E-state index in [9.17, 15) is 9.18 Å². The topological polar surface area (TPSA) is 51.0 Å². The van der Waals surface area contributed by atoms with Gasteiger partial charge in [-0.05, 0) is 37.1 Å². The van der Waals surface area contributed by atoms with Gasteiger partial charge >= 0.3 is 0 Å². The highest BCUT2D eigenvalue weighted by Gasteiger charge is 2.27. The van der Waals surface area contributed by atoms with Gasteiger partial charge in [0.15, 0.2) is 5.01 Å². The first-order valence-electron chi connectivity index (χ1n) is 8.67.